The Morgan fingerprint density at radius 1 is 0.443 bits per heavy atom. The lowest BCUT2D eigenvalue weighted by Gasteiger charge is -2.20. The third-order valence-electron chi connectivity index (χ3n) is 12.8. The summed E-state index contributed by atoms with van der Waals surface area (Å²) in [5.74, 6) is -0.0663. The molecule has 0 fully saturated rings. The van der Waals surface area contributed by atoms with Crippen LogP contribution in [0.25, 0.3) is 0 Å². The molecule has 0 aliphatic heterocycles. The predicted molar refractivity (Wildman–Crippen MR) is 264 cm³/mol. The number of carbonyl (C=O) groups excluding carboxylic acids is 2. The van der Waals surface area contributed by atoms with Crippen LogP contribution in [0.3, 0.4) is 0 Å². The first-order valence-electron chi connectivity index (χ1n) is 27.5. The van der Waals surface area contributed by atoms with Gasteiger partial charge < -0.3 is 20.3 Å². The van der Waals surface area contributed by atoms with E-state index in [9.17, 15) is 19.8 Å². The van der Waals surface area contributed by atoms with Crippen LogP contribution >= 0.6 is 0 Å². The molecule has 0 saturated carbocycles. The molecule has 0 heterocycles. The summed E-state index contributed by atoms with van der Waals surface area (Å²) in [6.45, 7) is 4.90. The SMILES string of the molecule is CCCCCCCCCCCCCCC/C=C/C(O)C(CO)NC(=O)CCCCCCCCCCCCCCCCCCCOC(=O)CCCCCCCCCCCCCC. The number of hydrogen-bond acceptors (Lipinski definition) is 5. The molecule has 2 unspecified atom stereocenters. The minimum Gasteiger partial charge on any atom is -0.466 e. The fourth-order valence-electron chi connectivity index (χ4n) is 8.58. The summed E-state index contributed by atoms with van der Waals surface area (Å²) in [7, 11) is 0. The van der Waals surface area contributed by atoms with Crippen LogP contribution in [-0.2, 0) is 14.3 Å². The standard InChI is InChI=1S/C55H107NO5/c1-3-5-7-9-11-13-15-17-21-24-27-31-35-39-43-47-53(58)52(51-57)56-54(59)48-44-40-36-32-28-25-22-19-18-20-23-26-30-34-38-42-46-50-61-55(60)49-45-41-37-33-29-16-14-12-10-8-6-4-2/h43,47,52-53,57-58H,3-42,44-46,48-51H2,1-2H3,(H,56,59)/b47-43+. The number of esters is 1. The summed E-state index contributed by atoms with van der Waals surface area (Å²) < 4.78 is 5.46. The number of ether oxygens (including phenoxy) is 1. The molecule has 0 aliphatic carbocycles. The average molecular weight is 862 g/mol. The molecule has 0 aliphatic rings. The highest BCUT2D eigenvalue weighted by molar-refractivity contribution is 5.76. The van der Waals surface area contributed by atoms with Gasteiger partial charge >= 0.3 is 5.97 Å². The second kappa shape index (κ2) is 51.2. The Morgan fingerprint density at radius 2 is 0.754 bits per heavy atom. The van der Waals surface area contributed by atoms with Crippen molar-refractivity contribution in [3.8, 4) is 0 Å². The zero-order chi connectivity index (χ0) is 44.4. The summed E-state index contributed by atoms with van der Waals surface area (Å²) in [5.41, 5.74) is 0. The molecule has 0 saturated heterocycles. The van der Waals surface area contributed by atoms with Crippen molar-refractivity contribution in [3.05, 3.63) is 12.2 Å². The number of aliphatic hydroxyl groups is 2. The number of unbranched alkanes of at least 4 members (excludes halogenated alkanes) is 40. The lowest BCUT2D eigenvalue weighted by molar-refractivity contribution is -0.143. The van der Waals surface area contributed by atoms with Gasteiger partial charge in [-0.25, -0.2) is 0 Å². The van der Waals surface area contributed by atoms with Gasteiger partial charge in [-0.3, -0.25) is 9.59 Å². The van der Waals surface area contributed by atoms with Gasteiger partial charge in [-0.05, 0) is 32.1 Å². The molecule has 1 amide bonds. The topological polar surface area (TPSA) is 95.9 Å². The van der Waals surface area contributed by atoms with E-state index >= 15 is 0 Å². The summed E-state index contributed by atoms with van der Waals surface area (Å²) >= 11 is 0. The molecule has 0 spiro atoms. The Bertz CT molecular complexity index is 909. The van der Waals surface area contributed by atoms with Crippen LogP contribution in [-0.4, -0.2) is 47.4 Å². The van der Waals surface area contributed by atoms with E-state index in [1.807, 2.05) is 6.08 Å². The fourth-order valence-corrected chi connectivity index (χ4v) is 8.58. The van der Waals surface area contributed by atoms with Gasteiger partial charge in [0.1, 0.15) is 0 Å². The summed E-state index contributed by atoms with van der Waals surface area (Å²) in [4.78, 5) is 24.4. The minimum absolute atomic E-state index is 0.00540. The van der Waals surface area contributed by atoms with E-state index in [1.165, 1.54) is 231 Å². The monoisotopic (exact) mass is 862 g/mol. The number of allylic oxidation sites excluding steroid dienone is 1. The van der Waals surface area contributed by atoms with Gasteiger partial charge in [-0.15, -0.1) is 0 Å². The third kappa shape index (κ3) is 47.9. The molecule has 6 nitrogen and oxygen atoms in total. The lowest BCUT2D eigenvalue weighted by Crippen LogP contribution is -2.45. The van der Waals surface area contributed by atoms with E-state index in [0.717, 1.165) is 44.9 Å². The Hall–Kier alpha value is -1.40. The average Bonchev–Trinajstić information content (AvgIpc) is 3.26. The van der Waals surface area contributed by atoms with Crippen molar-refractivity contribution in [2.24, 2.45) is 0 Å². The van der Waals surface area contributed by atoms with Crippen LogP contribution in [0.4, 0.5) is 0 Å². The molecule has 0 bridgehead atoms. The maximum atomic E-state index is 12.4. The van der Waals surface area contributed by atoms with Gasteiger partial charge in [0.25, 0.3) is 0 Å². The molecular formula is C55H107NO5. The van der Waals surface area contributed by atoms with Crippen LogP contribution in [0.15, 0.2) is 12.2 Å². The molecule has 0 aromatic heterocycles. The van der Waals surface area contributed by atoms with Crippen molar-refractivity contribution in [1.82, 2.24) is 5.32 Å². The van der Waals surface area contributed by atoms with Crippen LogP contribution in [0.5, 0.6) is 0 Å². The highest BCUT2D eigenvalue weighted by Gasteiger charge is 2.18. The first kappa shape index (κ1) is 59.6. The molecule has 0 radical (unpaired) electrons. The largest absolute Gasteiger partial charge is 0.466 e. The van der Waals surface area contributed by atoms with E-state index in [2.05, 4.69) is 19.2 Å². The fraction of sp³-hybridized carbons (Fsp3) is 0.927. The van der Waals surface area contributed by atoms with Gasteiger partial charge in [0.15, 0.2) is 0 Å². The lowest BCUT2D eigenvalue weighted by atomic mass is 10.0. The van der Waals surface area contributed by atoms with Gasteiger partial charge in [-0.1, -0.05) is 270 Å². The van der Waals surface area contributed by atoms with Crippen LogP contribution in [0.2, 0.25) is 0 Å². The van der Waals surface area contributed by atoms with E-state index in [-0.39, 0.29) is 18.5 Å². The van der Waals surface area contributed by atoms with Crippen molar-refractivity contribution in [2.75, 3.05) is 13.2 Å². The molecule has 2 atom stereocenters. The molecule has 6 heteroatoms. The Morgan fingerprint density at radius 3 is 1.11 bits per heavy atom. The van der Waals surface area contributed by atoms with Crippen LogP contribution in [0, 0.1) is 0 Å². The number of nitrogens with one attached hydrogen (secondary N) is 1. The maximum Gasteiger partial charge on any atom is 0.305 e. The first-order valence-corrected chi connectivity index (χ1v) is 27.5. The predicted octanol–water partition coefficient (Wildman–Crippen LogP) is 16.5. The van der Waals surface area contributed by atoms with E-state index in [4.69, 9.17) is 4.74 Å². The molecular weight excluding hydrogens is 755 g/mol. The van der Waals surface area contributed by atoms with Crippen molar-refractivity contribution < 1.29 is 24.5 Å². The quantitative estimate of drug-likeness (QED) is 0.0322. The maximum absolute atomic E-state index is 12.4. The molecule has 0 aromatic rings. The number of rotatable bonds is 51. The molecule has 0 aromatic carbocycles. The number of carbonyl (C=O) groups is 2. The van der Waals surface area contributed by atoms with Gasteiger partial charge in [0, 0.05) is 12.8 Å². The van der Waals surface area contributed by atoms with Crippen LogP contribution < -0.4 is 5.32 Å². The van der Waals surface area contributed by atoms with E-state index in [1.54, 1.807) is 6.08 Å². The van der Waals surface area contributed by atoms with Gasteiger partial charge in [-0.2, -0.15) is 0 Å². The number of aliphatic hydroxyl groups excluding tert-OH is 2. The van der Waals surface area contributed by atoms with Crippen LogP contribution in [0.1, 0.15) is 303 Å². The van der Waals surface area contributed by atoms with E-state index < -0.39 is 12.1 Å². The van der Waals surface area contributed by atoms with Crippen molar-refractivity contribution in [1.29, 1.82) is 0 Å². The van der Waals surface area contributed by atoms with E-state index in [0.29, 0.717) is 19.4 Å². The Labute approximate surface area is 380 Å². The second-order valence-corrected chi connectivity index (χ2v) is 18.9. The van der Waals surface area contributed by atoms with Crippen molar-refractivity contribution >= 4 is 11.9 Å². The summed E-state index contributed by atoms with van der Waals surface area (Å²) in [6, 6.07) is -0.630. The third-order valence-corrected chi connectivity index (χ3v) is 12.8. The highest BCUT2D eigenvalue weighted by atomic mass is 16.5. The summed E-state index contributed by atoms with van der Waals surface area (Å²) in [6.07, 6.45) is 59.3. The normalized spacial score (nSPS) is 12.7. The Balaban J connectivity index is 3.44. The Kier molecular flexibility index (Phi) is 50.1. The van der Waals surface area contributed by atoms with Gasteiger partial charge in [0.05, 0.1) is 25.4 Å². The minimum atomic E-state index is -0.846. The zero-order valence-electron chi connectivity index (χ0n) is 41.2. The molecule has 3 N–H and O–H groups in total. The second-order valence-electron chi connectivity index (χ2n) is 18.9. The zero-order valence-corrected chi connectivity index (χ0v) is 41.2. The highest BCUT2D eigenvalue weighted by Crippen LogP contribution is 2.17. The van der Waals surface area contributed by atoms with Gasteiger partial charge in [0.2, 0.25) is 5.91 Å². The number of amides is 1. The molecule has 362 valence electrons. The molecule has 61 heavy (non-hydrogen) atoms. The summed E-state index contributed by atoms with van der Waals surface area (Å²) in [5, 5.41) is 23.1. The number of hydrogen-bond donors (Lipinski definition) is 3. The van der Waals surface area contributed by atoms with Crippen molar-refractivity contribution in [2.45, 2.75) is 315 Å². The smallest absolute Gasteiger partial charge is 0.305 e. The molecule has 0 rings (SSSR count). The first-order chi connectivity index (χ1) is 30.0. The van der Waals surface area contributed by atoms with Crippen molar-refractivity contribution in [3.63, 3.8) is 0 Å².